The number of hydrogen-bond acceptors (Lipinski definition) is 6. The summed E-state index contributed by atoms with van der Waals surface area (Å²) in [5.41, 5.74) is -2.74. The molecule has 0 aromatic rings. The first-order chi connectivity index (χ1) is 11.2. The molecule has 0 fully saturated rings. The maximum atomic E-state index is 12.8. The third kappa shape index (κ3) is 5.25. The monoisotopic (exact) mass is 558 g/mol. The Labute approximate surface area is 177 Å². The summed E-state index contributed by atoms with van der Waals surface area (Å²) in [6.07, 6.45) is 0. The molecule has 0 radical (unpaired) electrons. The maximum absolute atomic E-state index is 12.8. The molecule has 26 heavy (non-hydrogen) atoms. The van der Waals surface area contributed by atoms with Crippen LogP contribution in [0, 0.1) is 5.41 Å². The predicted octanol–water partition coefficient (Wildman–Crippen LogP) is 2.93. The van der Waals surface area contributed by atoms with Crippen LogP contribution >= 0.6 is 47.8 Å². The summed E-state index contributed by atoms with van der Waals surface area (Å²) in [5, 5.41) is 0. The fourth-order valence-corrected chi connectivity index (χ4v) is 2.34. The Bertz CT molecular complexity index is 594. The van der Waals surface area contributed by atoms with Crippen molar-refractivity contribution in [2.45, 2.75) is 61.4 Å². The van der Waals surface area contributed by atoms with E-state index in [2.05, 4.69) is 47.8 Å². The number of Topliss-reactive ketones (excluding diaryl/α,β-unsaturated/α-hetero) is 6. The SMILES string of the molecule is CC(C)(Br)C(=O)C(=O)C(C)(C(=O)C(=O)C(C)(C)Br)C(=O)C(=O)C(C)(C)Br. The van der Waals surface area contributed by atoms with Gasteiger partial charge in [-0.1, -0.05) is 47.8 Å². The number of carbonyl (C=O) groups is 6. The zero-order chi connectivity index (χ0) is 21.5. The number of halogens is 3. The maximum Gasteiger partial charge on any atom is 0.221 e. The summed E-state index contributed by atoms with van der Waals surface area (Å²) < 4.78 is -4.15. The van der Waals surface area contributed by atoms with Crippen LogP contribution in [0.15, 0.2) is 0 Å². The van der Waals surface area contributed by atoms with Gasteiger partial charge in [0.1, 0.15) is 0 Å². The quantitative estimate of drug-likeness (QED) is 0.244. The molecule has 0 bridgehead atoms. The molecule has 0 aliphatic rings. The topological polar surface area (TPSA) is 102 Å². The first-order valence-corrected chi connectivity index (χ1v) is 9.92. The van der Waals surface area contributed by atoms with Gasteiger partial charge in [-0.05, 0) is 48.5 Å². The highest BCUT2D eigenvalue weighted by molar-refractivity contribution is 9.10. The standard InChI is InChI=1S/C17H21Br3O6/c1-14(2,18)8(21)11(24)17(7,12(25)9(22)15(3,4)19)13(26)10(23)16(5,6)20/h1-7H3. The van der Waals surface area contributed by atoms with Crippen LogP contribution in [0.3, 0.4) is 0 Å². The van der Waals surface area contributed by atoms with Crippen molar-refractivity contribution in [1.82, 2.24) is 0 Å². The van der Waals surface area contributed by atoms with Crippen molar-refractivity contribution >= 4 is 82.5 Å². The Balaban J connectivity index is 6.56. The summed E-state index contributed by atoms with van der Waals surface area (Å²) in [6.45, 7) is 8.99. The van der Waals surface area contributed by atoms with Gasteiger partial charge in [0.05, 0.1) is 13.0 Å². The Morgan fingerprint density at radius 1 is 0.423 bits per heavy atom. The summed E-state index contributed by atoms with van der Waals surface area (Å²) in [6, 6.07) is 0. The average molecular weight is 561 g/mol. The van der Waals surface area contributed by atoms with Gasteiger partial charge >= 0.3 is 0 Å². The van der Waals surface area contributed by atoms with Crippen molar-refractivity contribution in [3.05, 3.63) is 0 Å². The highest BCUT2D eigenvalue weighted by Crippen LogP contribution is 2.33. The van der Waals surface area contributed by atoms with Gasteiger partial charge in [-0.3, -0.25) is 28.8 Å². The average Bonchev–Trinajstić information content (AvgIpc) is 2.46. The smallest absolute Gasteiger partial charge is 0.221 e. The molecule has 0 rings (SSSR count). The minimum Gasteiger partial charge on any atom is -0.289 e. The predicted molar refractivity (Wildman–Crippen MR) is 107 cm³/mol. The molecule has 0 saturated heterocycles. The zero-order valence-electron chi connectivity index (χ0n) is 15.6. The third-order valence-electron chi connectivity index (χ3n) is 3.60. The van der Waals surface area contributed by atoms with E-state index < -0.39 is 53.1 Å². The van der Waals surface area contributed by atoms with E-state index in [1.807, 2.05) is 0 Å². The number of carbonyl (C=O) groups excluding carboxylic acids is 6. The van der Waals surface area contributed by atoms with E-state index in [1.54, 1.807) is 0 Å². The van der Waals surface area contributed by atoms with Crippen molar-refractivity contribution in [3.8, 4) is 0 Å². The van der Waals surface area contributed by atoms with Crippen LogP contribution in [-0.2, 0) is 28.8 Å². The fourth-order valence-electron chi connectivity index (χ4n) is 1.80. The van der Waals surface area contributed by atoms with Crippen LogP contribution in [-0.4, -0.2) is 47.7 Å². The molecular weight excluding hydrogens is 540 g/mol. The second-order valence-corrected chi connectivity index (χ2v) is 13.5. The van der Waals surface area contributed by atoms with Crippen LogP contribution in [0.4, 0.5) is 0 Å². The highest BCUT2D eigenvalue weighted by Gasteiger charge is 2.59. The lowest BCUT2D eigenvalue weighted by Crippen LogP contribution is -2.58. The lowest BCUT2D eigenvalue weighted by atomic mass is 9.69. The molecule has 0 N–H and O–H groups in total. The first kappa shape index (κ1) is 25.5. The molecule has 0 saturated carbocycles. The first-order valence-electron chi connectivity index (χ1n) is 7.54. The van der Waals surface area contributed by atoms with Crippen molar-refractivity contribution in [2.24, 2.45) is 5.41 Å². The Hall–Kier alpha value is -0.540. The van der Waals surface area contributed by atoms with Crippen LogP contribution < -0.4 is 0 Å². The molecule has 146 valence electrons. The van der Waals surface area contributed by atoms with Gasteiger partial charge in [0, 0.05) is 0 Å². The van der Waals surface area contributed by atoms with Crippen LogP contribution in [0.2, 0.25) is 0 Å². The molecule has 9 heteroatoms. The van der Waals surface area contributed by atoms with Gasteiger partial charge in [-0.25, -0.2) is 0 Å². The van der Waals surface area contributed by atoms with Crippen molar-refractivity contribution < 1.29 is 28.8 Å². The molecule has 0 amide bonds. The number of hydrogen-bond donors (Lipinski definition) is 0. The van der Waals surface area contributed by atoms with Crippen LogP contribution in [0.5, 0.6) is 0 Å². The second kappa shape index (κ2) is 7.83. The zero-order valence-corrected chi connectivity index (χ0v) is 20.3. The van der Waals surface area contributed by atoms with E-state index in [1.165, 1.54) is 41.5 Å². The van der Waals surface area contributed by atoms with Crippen LogP contribution in [0.1, 0.15) is 48.5 Å². The van der Waals surface area contributed by atoms with Crippen molar-refractivity contribution in [2.75, 3.05) is 0 Å². The molecule has 0 aromatic heterocycles. The Morgan fingerprint density at radius 2 is 0.577 bits per heavy atom. The molecule has 6 nitrogen and oxygen atoms in total. The molecule has 0 heterocycles. The van der Waals surface area contributed by atoms with Crippen molar-refractivity contribution in [3.63, 3.8) is 0 Å². The minimum atomic E-state index is -2.74. The minimum absolute atomic E-state index is 0.851. The van der Waals surface area contributed by atoms with Gasteiger partial charge in [-0.15, -0.1) is 0 Å². The van der Waals surface area contributed by atoms with Crippen LogP contribution in [0.25, 0.3) is 0 Å². The van der Waals surface area contributed by atoms with Crippen molar-refractivity contribution in [1.29, 1.82) is 0 Å². The molecule has 0 aromatic carbocycles. The van der Waals surface area contributed by atoms with E-state index >= 15 is 0 Å². The molecule has 0 aliphatic carbocycles. The third-order valence-corrected chi connectivity index (χ3v) is 4.68. The Kier molecular flexibility index (Phi) is 7.67. The summed E-state index contributed by atoms with van der Waals surface area (Å²) in [4.78, 5) is 75.7. The molecule has 0 unspecified atom stereocenters. The highest BCUT2D eigenvalue weighted by atomic mass is 79.9. The van der Waals surface area contributed by atoms with E-state index in [0.717, 1.165) is 6.92 Å². The number of alkyl halides is 3. The van der Waals surface area contributed by atoms with Gasteiger partial charge in [-0.2, -0.15) is 0 Å². The molecule has 0 spiro atoms. The molecular formula is C17H21Br3O6. The fraction of sp³-hybridized carbons (Fsp3) is 0.647. The number of rotatable bonds is 9. The lowest BCUT2D eigenvalue weighted by molar-refractivity contribution is -0.159. The Morgan fingerprint density at radius 3 is 0.692 bits per heavy atom. The molecule has 0 atom stereocenters. The molecule has 0 aliphatic heterocycles. The largest absolute Gasteiger partial charge is 0.289 e. The number of ketones is 6. The van der Waals surface area contributed by atoms with Gasteiger partial charge in [0.2, 0.25) is 34.7 Å². The van der Waals surface area contributed by atoms with E-state index in [4.69, 9.17) is 0 Å². The van der Waals surface area contributed by atoms with E-state index in [0.29, 0.717) is 0 Å². The van der Waals surface area contributed by atoms with Gasteiger partial charge < -0.3 is 0 Å². The second-order valence-electron chi connectivity index (χ2n) is 7.52. The van der Waals surface area contributed by atoms with E-state index in [9.17, 15) is 28.8 Å². The lowest BCUT2D eigenvalue weighted by Gasteiger charge is -2.29. The summed E-state index contributed by atoms with van der Waals surface area (Å²) in [5.74, 6) is -7.52. The van der Waals surface area contributed by atoms with Gasteiger partial charge in [0.15, 0.2) is 5.41 Å². The summed E-state index contributed by atoms with van der Waals surface area (Å²) >= 11 is 9.02. The summed E-state index contributed by atoms with van der Waals surface area (Å²) in [7, 11) is 0. The van der Waals surface area contributed by atoms with Gasteiger partial charge in [0.25, 0.3) is 0 Å². The van der Waals surface area contributed by atoms with E-state index in [-0.39, 0.29) is 0 Å². The normalized spacial score (nSPS) is 13.2.